The van der Waals surface area contributed by atoms with Crippen molar-refractivity contribution in [1.82, 2.24) is 10.3 Å². The Bertz CT molecular complexity index is 498. The van der Waals surface area contributed by atoms with E-state index in [-0.39, 0.29) is 6.04 Å². The first kappa shape index (κ1) is 14.1. The number of rotatable bonds is 6. The minimum Gasteiger partial charge on any atom is -0.453 e. The van der Waals surface area contributed by atoms with Gasteiger partial charge < -0.3 is 9.73 Å². The maximum atomic E-state index is 6.13. The summed E-state index contributed by atoms with van der Waals surface area (Å²) in [6, 6.07) is 6.17. The molecule has 2 rings (SSSR count). The monoisotopic (exact) mass is 278 g/mol. The van der Waals surface area contributed by atoms with E-state index in [2.05, 4.69) is 24.1 Å². The van der Waals surface area contributed by atoms with Gasteiger partial charge in [-0.25, -0.2) is 0 Å². The van der Waals surface area contributed by atoms with Gasteiger partial charge in [-0.05, 0) is 48.3 Å². The predicted molar refractivity (Wildman–Crippen MR) is 77.4 cm³/mol. The van der Waals surface area contributed by atoms with Gasteiger partial charge >= 0.3 is 0 Å². The minimum atomic E-state index is 0.147. The number of hydrogen-bond donors (Lipinski definition) is 1. The predicted octanol–water partition coefficient (Wildman–Crippen LogP) is 4.17. The van der Waals surface area contributed by atoms with Crippen LogP contribution in [0.3, 0.4) is 0 Å². The normalized spacial score (nSPS) is 14.3. The molecule has 0 spiro atoms. The van der Waals surface area contributed by atoms with Crippen LogP contribution in [0.4, 0.5) is 0 Å². The van der Waals surface area contributed by atoms with Crippen LogP contribution in [0.15, 0.2) is 41.3 Å². The molecule has 19 heavy (non-hydrogen) atoms. The lowest BCUT2D eigenvalue weighted by Gasteiger charge is -2.25. The Morgan fingerprint density at radius 3 is 2.63 bits per heavy atom. The molecule has 0 amide bonds. The smallest absolute Gasteiger partial charge is 0.197 e. The molecule has 0 aromatic carbocycles. The lowest BCUT2D eigenvalue weighted by Crippen LogP contribution is -2.26. The average Bonchev–Trinajstić information content (AvgIpc) is 2.86. The molecule has 2 atom stereocenters. The summed E-state index contributed by atoms with van der Waals surface area (Å²) < 4.78 is 5.22. The zero-order valence-corrected chi connectivity index (χ0v) is 12.0. The van der Waals surface area contributed by atoms with Crippen molar-refractivity contribution in [3.8, 4) is 0 Å². The first-order valence-electron chi connectivity index (χ1n) is 6.60. The van der Waals surface area contributed by atoms with Crippen molar-refractivity contribution in [3.63, 3.8) is 0 Å². The van der Waals surface area contributed by atoms with Crippen LogP contribution in [0.2, 0.25) is 5.22 Å². The molecule has 0 radical (unpaired) electrons. The second-order valence-electron chi connectivity index (χ2n) is 4.65. The van der Waals surface area contributed by atoms with Gasteiger partial charge in [0.05, 0.1) is 6.26 Å². The van der Waals surface area contributed by atoms with Crippen molar-refractivity contribution < 1.29 is 4.42 Å². The summed E-state index contributed by atoms with van der Waals surface area (Å²) in [6.07, 6.45) is 6.35. The minimum absolute atomic E-state index is 0.147. The Balaban J connectivity index is 2.25. The summed E-state index contributed by atoms with van der Waals surface area (Å²) in [5, 5.41) is 4.01. The average molecular weight is 279 g/mol. The van der Waals surface area contributed by atoms with E-state index >= 15 is 0 Å². The van der Waals surface area contributed by atoms with E-state index in [0.29, 0.717) is 11.1 Å². The van der Waals surface area contributed by atoms with Gasteiger partial charge in [0.25, 0.3) is 0 Å². The third-order valence-electron chi connectivity index (χ3n) is 3.33. The fourth-order valence-corrected chi connectivity index (χ4v) is 2.47. The van der Waals surface area contributed by atoms with Crippen molar-refractivity contribution in [2.24, 2.45) is 0 Å². The fraction of sp³-hybridized carbons (Fsp3) is 0.400. The molecule has 0 aliphatic rings. The van der Waals surface area contributed by atoms with Crippen LogP contribution in [-0.4, -0.2) is 11.5 Å². The number of hydrogen-bond acceptors (Lipinski definition) is 3. The highest BCUT2D eigenvalue weighted by Crippen LogP contribution is 2.34. The molecule has 0 saturated heterocycles. The first-order valence-corrected chi connectivity index (χ1v) is 6.98. The number of aromatic nitrogens is 1. The zero-order valence-electron chi connectivity index (χ0n) is 11.3. The SMILES string of the molecule is CCCNC(c1ccoc1Cl)C(C)c1ccncc1. The van der Waals surface area contributed by atoms with E-state index in [9.17, 15) is 0 Å². The molecule has 0 aliphatic heterocycles. The van der Waals surface area contributed by atoms with E-state index in [4.69, 9.17) is 16.0 Å². The van der Waals surface area contributed by atoms with E-state index in [1.165, 1.54) is 5.56 Å². The highest BCUT2D eigenvalue weighted by atomic mass is 35.5. The standard InChI is InChI=1S/C15H19ClN2O/c1-3-7-18-14(13-6-10-19-15(13)16)11(2)12-4-8-17-9-5-12/h4-6,8-11,14,18H,3,7H2,1-2H3. The van der Waals surface area contributed by atoms with E-state index in [1.807, 2.05) is 30.6 Å². The van der Waals surface area contributed by atoms with Gasteiger partial charge in [-0.2, -0.15) is 0 Å². The lowest BCUT2D eigenvalue weighted by molar-refractivity contribution is 0.459. The van der Waals surface area contributed by atoms with Crippen LogP contribution in [0.25, 0.3) is 0 Å². The van der Waals surface area contributed by atoms with Crippen LogP contribution in [0.5, 0.6) is 0 Å². The molecular formula is C15H19ClN2O. The second-order valence-corrected chi connectivity index (χ2v) is 4.99. The molecule has 0 bridgehead atoms. The largest absolute Gasteiger partial charge is 0.453 e. The summed E-state index contributed by atoms with van der Waals surface area (Å²) >= 11 is 6.13. The molecule has 4 heteroatoms. The highest BCUT2D eigenvalue weighted by molar-refractivity contribution is 6.29. The number of furan rings is 1. The van der Waals surface area contributed by atoms with Crippen LogP contribution in [-0.2, 0) is 0 Å². The maximum absolute atomic E-state index is 6.13. The first-order chi connectivity index (χ1) is 9.24. The quantitative estimate of drug-likeness (QED) is 0.862. The molecule has 102 valence electrons. The Morgan fingerprint density at radius 2 is 2.05 bits per heavy atom. The Hall–Kier alpha value is -1.32. The fourth-order valence-electron chi connectivity index (χ4n) is 2.24. The van der Waals surface area contributed by atoms with Gasteiger partial charge in [0, 0.05) is 29.9 Å². The van der Waals surface area contributed by atoms with Crippen LogP contribution in [0, 0.1) is 0 Å². The van der Waals surface area contributed by atoms with Crippen LogP contribution in [0.1, 0.15) is 43.4 Å². The molecule has 2 aromatic rings. The van der Waals surface area contributed by atoms with Gasteiger partial charge in [-0.1, -0.05) is 13.8 Å². The summed E-state index contributed by atoms with van der Waals surface area (Å²) in [5.74, 6) is 0.296. The van der Waals surface area contributed by atoms with Gasteiger partial charge in [-0.3, -0.25) is 4.98 Å². The lowest BCUT2D eigenvalue weighted by atomic mass is 9.90. The molecule has 0 aliphatic carbocycles. The third-order valence-corrected chi connectivity index (χ3v) is 3.63. The highest BCUT2D eigenvalue weighted by Gasteiger charge is 2.23. The van der Waals surface area contributed by atoms with Gasteiger partial charge in [-0.15, -0.1) is 0 Å². The van der Waals surface area contributed by atoms with E-state index in [1.54, 1.807) is 6.26 Å². The van der Waals surface area contributed by atoms with Crippen LogP contribution < -0.4 is 5.32 Å². The van der Waals surface area contributed by atoms with E-state index in [0.717, 1.165) is 18.5 Å². The second kappa shape index (κ2) is 6.73. The summed E-state index contributed by atoms with van der Waals surface area (Å²) in [7, 11) is 0. The van der Waals surface area contributed by atoms with Gasteiger partial charge in [0.1, 0.15) is 0 Å². The number of pyridine rings is 1. The van der Waals surface area contributed by atoms with Crippen molar-refractivity contribution in [3.05, 3.63) is 53.2 Å². The summed E-state index contributed by atoms with van der Waals surface area (Å²) in [4.78, 5) is 4.06. The third kappa shape index (κ3) is 3.37. The molecule has 2 aromatic heterocycles. The Morgan fingerprint density at radius 1 is 1.32 bits per heavy atom. The van der Waals surface area contributed by atoms with Gasteiger partial charge in [0.2, 0.25) is 0 Å². The molecular weight excluding hydrogens is 260 g/mol. The van der Waals surface area contributed by atoms with Crippen LogP contribution >= 0.6 is 11.6 Å². The summed E-state index contributed by atoms with van der Waals surface area (Å²) in [5.41, 5.74) is 2.25. The molecule has 2 unspecified atom stereocenters. The number of nitrogens with one attached hydrogen (secondary N) is 1. The Labute approximate surface area is 119 Å². The van der Waals surface area contributed by atoms with Crippen molar-refractivity contribution >= 4 is 11.6 Å². The number of nitrogens with zero attached hydrogens (tertiary/aromatic N) is 1. The van der Waals surface area contributed by atoms with Crippen molar-refractivity contribution in [2.75, 3.05) is 6.54 Å². The Kier molecular flexibility index (Phi) is 5.00. The van der Waals surface area contributed by atoms with E-state index < -0.39 is 0 Å². The molecule has 3 nitrogen and oxygen atoms in total. The molecule has 1 N–H and O–H groups in total. The van der Waals surface area contributed by atoms with Crippen molar-refractivity contribution in [2.45, 2.75) is 32.2 Å². The number of halogens is 1. The molecule has 0 saturated carbocycles. The zero-order chi connectivity index (χ0) is 13.7. The molecule has 0 fully saturated rings. The van der Waals surface area contributed by atoms with Gasteiger partial charge in [0.15, 0.2) is 5.22 Å². The topological polar surface area (TPSA) is 38.1 Å². The maximum Gasteiger partial charge on any atom is 0.197 e. The van der Waals surface area contributed by atoms with Crippen molar-refractivity contribution in [1.29, 1.82) is 0 Å². The summed E-state index contributed by atoms with van der Waals surface area (Å²) in [6.45, 7) is 5.28. The molecule has 2 heterocycles.